The summed E-state index contributed by atoms with van der Waals surface area (Å²) < 4.78 is 22.9. The Kier molecular flexibility index (Phi) is 5.52. The lowest BCUT2D eigenvalue weighted by molar-refractivity contribution is -0.147. The highest BCUT2D eigenvalue weighted by atomic mass is 32.2. The van der Waals surface area contributed by atoms with Gasteiger partial charge < -0.3 is 15.7 Å². The number of carboxylic acids is 1. The van der Waals surface area contributed by atoms with Crippen LogP contribution in [0.4, 0.5) is 0 Å². The minimum atomic E-state index is -3.11. The molecule has 0 spiro atoms. The molecule has 0 aromatic heterocycles. The Morgan fingerprint density at radius 2 is 2.10 bits per heavy atom. The van der Waals surface area contributed by atoms with Crippen LogP contribution in [0.5, 0.6) is 0 Å². The van der Waals surface area contributed by atoms with Gasteiger partial charge in [-0.25, -0.2) is 13.2 Å². The number of rotatable bonds is 6. The first-order chi connectivity index (χ1) is 9.18. The average molecular weight is 306 g/mol. The number of nitrogens with one attached hydrogen (secondary N) is 2. The zero-order chi connectivity index (χ0) is 15.4. The van der Waals surface area contributed by atoms with Gasteiger partial charge in [-0.2, -0.15) is 0 Å². The minimum Gasteiger partial charge on any atom is -0.480 e. The van der Waals surface area contributed by atoms with Gasteiger partial charge in [0, 0.05) is 19.0 Å². The zero-order valence-electron chi connectivity index (χ0n) is 11.8. The minimum absolute atomic E-state index is 0.0359. The average Bonchev–Trinajstić information content (AvgIpc) is 2.26. The number of aliphatic carboxylic acids is 1. The van der Waals surface area contributed by atoms with Crippen LogP contribution in [0.1, 0.15) is 33.1 Å². The number of amides is 1. The van der Waals surface area contributed by atoms with E-state index in [-0.39, 0.29) is 17.9 Å². The first kappa shape index (κ1) is 16.9. The molecule has 0 saturated carbocycles. The van der Waals surface area contributed by atoms with E-state index in [2.05, 4.69) is 10.6 Å². The molecule has 116 valence electrons. The first-order valence-corrected chi connectivity index (χ1v) is 8.49. The van der Waals surface area contributed by atoms with Crippen LogP contribution in [0.15, 0.2) is 0 Å². The van der Waals surface area contributed by atoms with E-state index in [1.807, 2.05) is 6.92 Å². The quantitative estimate of drug-likeness (QED) is 0.611. The molecule has 3 N–H and O–H groups in total. The van der Waals surface area contributed by atoms with Crippen molar-refractivity contribution in [3.8, 4) is 0 Å². The number of carbonyl (C=O) groups excluding carboxylic acids is 1. The smallest absolute Gasteiger partial charge is 0.329 e. The van der Waals surface area contributed by atoms with Crippen LogP contribution in [0.25, 0.3) is 0 Å². The highest BCUT2D eigenvalue weighted by Gasteiger charge is 2.35. The first-order valence-electron chi connectivity index (χ1n) is 6.67. The van der Waals surface area contributed by atoms with Gasteiger partial charge in [0.2, 0.25) is 5.91 Å². The van der Waals surface area contributed by atoms with E-state index in [4.69, 9.17) is 0 Å². The van der Waals surface area contributed by atoms with Gasteiger partial charge in [0.05, 0.1) is 11.5 Å². The lowest BCUT2D eigenvalue weighted by Crippen LogP contribution is -2.54. The van der Waals surface area contributed by atoms with E-state index in [0.29, 0.717) is 19.4 Å². The molecule has 1 aliphatic heterocycles. The molecule has 1 fully saturated rings. The summed E-state index contributed by atoms with van der Waals surface area (Å²) in [5.74, 6) is -1.54. The SMILES string of the molecule is CCCC(C)(NC(=O)CC1CS(=O)(=O)CCN1)C(=O)O. The summed E-state index contributed by atoms with van der Waals surface area (Å²) in [4.78, 5) is 23.1. The molecule has 1 amide bonds. The van der Waals surface area contributed by atoms with E-state index in [9.17, 15) is 23.1 Å². The Bertz CT molecular complexity index is 476. The Hall–Kier alpha value is -1.15. The van der Waals surface area contributed by atoms with Gasteiger partial charge in [0.25, 0.3) is 0 Å². The summed E-state index contributed by atoms with van der Waals surface area (Å²) in [5, 5.41) is 14.6. The van der Waals surface area contributed by atoms with Crippen molar-refractivity contribution in [2.24, 2.45) is 0 Å². The van der Waals surface area contributed by atoms with Crippen LogP contribution in [-0.2, 0) is 19.4 Å². The van der Waals surface area contributed by atoms with E-state index in [0.717, 1.165) is 0 Å². The third-order valence-electron chi connectivity index (χ3n) is 3.37. The van der Waals surface area contributed by atoms with Crippen LogP contribution in [0.2, 0.25) is 0 Å². The van der Waals surface area contributed by atoms with Crippen LogP contribution in [0.3, 0.4) is 0 Å². The van der Waals surface area contributed by atoms with Gasteiger partial charge >= 0.3 is 5.97 Å². The number of hydrogen-bond donors (Lipinski definition) is 3. The van der Waals surface area contributed by atoms with Gasteiger partial charge in [-0.05, 0) is 13.3 Å². The molecule has 1 saturated heterocycles. The maximum absolute atomic E-state index is 11.9. The van der Waals surface area contributed by atoms with Gasteiger partial charge in [-0.3, -0.25) is 4.79 Å². The predicted molar refractivity (Wildman–Crippen MR) is 74.2 cm³/mol. The molecule has 1 heterocycles. The molecule has 2 unspecified atom stereocenters. The third kappa shape index (κ3) is 4.75. The fourth-order valence-electron chi connectivity index (χ4n) is 2.30. The summed E-state index contributed by atoms with van der Waals surface area (Å²) in [5.41, 5.74) is -1.31. The maximum Gasteiger partial charge on any atom is 0.329 e. The fraction of sp³-hybridized carbons (Fsp3) is 0.833. The molecule has 8 heteroatoms. The van der Waals surface area contributed by atoms with E-state index in [1.165, 1.54) is 6.92 Å². The number of carboxylic acid groups (broad SMARTS) is 1. The lowest BCUT2D eigenvalue weighted by Gasteiger charge is -2.28. The summed E-state index contributed by atoms with van der Waals surface area (Å²) in [6, 6.07) is -0.451. The van der Waals surface area contributed by atoms with Crippen molar-refractivity contribution >= 4 is 21.7 Å². The topological polar surface area (TPSA) is 113 Å². The van der Waals surface area contributed by atoms with Crippen molar-refractivity contribution in [3.63, 3.8) is 0 Å². The second kappa shape index (κ2) is 6.53. The number of sulfone groups is 1. The van der Waals surface area contributed by atoms with Crippen LogP contribution in [0, 0.1) is 0 Å². The lowest BCUT2D eigenvalue weighted by atomic mass is 9.96. The van der Waals surface area contributed by atoms with Crippen LogP contribution in [-0.4, -0.2) is 55.0 Å². The highest BCUT2D eigenvalue weighted by molar-refractivity contribution is 7.91. The monoisotopic (exact) mass is 306 g/mol. The molecule has 1 aliphatic rings. The van der Waals surface area contributed by atoms with Crippen molar-refractivity contribution in [3.05, 3.63) is 0 Å². The van der Waals surface area contributed by atoms with Crippen molar-refractivity contribution in [2.45, 2.75) is 44.7 Å². The van der Waals surface area contributed by atoms with Gasteiger partial charge in [0.15, 0.2) is 9.84 Å². The standard InChI is InChI=1S/C12H22N2O5S/c1-3-4-12(2,11(16)17)14-10(15)7-9-8-20(18,19)6-5-13-9/h9,13H,3-8H2,1-2H3,(H,14,15)(H,16,17). The molecule has 2 atom stereocenters. The Morgan fingerprint density at radius 3 is 2.60 bits per heavy atom. The summed E-state index contributed by atoms with van der Waals surface area (Å²) >= 11 is 0. The van der Waals surface area contributed by atoms with Crippen LogP contribution >= 0.6 is 0 Å². The molecule has 7 nitrogen and oxygen atoms in total. The second-order valence-corrected chi connectivity index (χ2v) is 7.63. The molecular weight excluding hydrogens is 284 g/mol. The van der Waals surface area contributed by atoms with Crippen LogP contribution < -0.4 is 10.6 Å². The number of hydrogen-bond acceptors (Lipinski definition) is 5. The van der Waals surface area contributed by atoms with E-state index >= 15 is 0 Å². The van der Waals surface area contributed by atoms with Crippen molar-refractivity contribution in [1.29, 1.82) is 0 Å². The highest BCUT2D eigenvalue weighted by Crippen LogP contribution is 2.14. The largest absolute Gasteiger partial charge is 0.480 e. The molecule has 0 aliphatic carbocycles. The number of carbonyl (C=O) groups is 2. The second-order valence-electron chi connectivity index (χ2n) is 5.40. The van der Waals surface area contributed by atoms with E-state index < -0.39 is 33.3 Å². The molecule has 0 aromatic rings. The van der Waals surface area contributed by atoms with Gasteiger partial charge in [-0.1, -0.05) is 13.3 Å². The van der Waals surface area contributed by atoms with E-state index in [1.54, 1.807) is 0 Å². The molecule has 1 rings (SSSR count). The molecule has 0 bridgehead atoms. The third-order valence-corrected chi connectivity index (χ3v) is 5.11. The predicted octanol–water partition coefficient (Wildman–Crippen LogP) is -0.477. The van der Waals surface area contributed by atoms with Gasteiger partial charge in [-0.15, -0.1) is 0 Å². The molecule has 20 heavy (non-hydrogen) atoms. The zero-order valence-corrected chi connectivity index (χ0v) is 12.6. The summed E-state index contributed by atoms with van der Waals surface area (Å²) in [6.07, 6.45) is 0.912. The summed E-state index contributed by atoms with van der Waals surface area (Å²) in [7, 11) is -3.11. The Balaban J connectivity index is 2.60. The Labute approximate surface area is 119 Å². The molecular formula is C12H22N2O5S. The van der Waals surface area contributed by atoms with Crippen molar-refractivity contribution in [2.75, 3.05) is 18.1 Å². The van der Waals surface area contributed by atoms with Crippen molar-refractivity contribution < 1.29 is 23.1 Å². The molecule has 0 aromatic carbocycles. The van der Waals surface area contributed by atoms with Crippen molar-refractivity contribution in [1.82, 2.24) is 10.6 Å². The molecule has 0 radical (unpaired) electrons. The van der Waals surface area contributed by atoms with Gasteiger partial charge in [0.1, 0.15) is 5.54 Å². The fourth-order valence-corrected chi connectivity index (χ4v) is 3.75. The Morgan fingerprint density at radius 1 is 1.45 bits per heavy atom. The summed E-state index contributed by atoms with van der Waals surface area (Å²) in [6.45, 7) is 3.62. The maximum atomic E-state index is 11.9. The normalized spacial score (nSPS) is 24.6.